The van der Waals surface area contributed by atoms with E-state index in [0.29, 0.717) is 11.7 Å². The number of hydrogen-bond donors (Lipinski definition) is 1. The van der Waals surface area contributed by atoms with Crippen molar-refractivity contribution in [3.8, 4) is 10.8 Å². The third kappa shape index (κ3) is 2.27. The zero-order valence-corrected chi connectivity index (χ0v) is 10.7. The average molecular weight is 288 g/mol. The van der Waals surface area contributed by atoms with Crippen molar-refractivity contribution in [2.75, 3.05) is 7.05 Å². The van der Waals surface area contributed by atoms with E-state index in [4.69, 9.17) is 4.52 Å². The van der Waals surface area contributed by atoms with Crippen LogP contribution in [0.2, 0.25) is 0 Å². The fourth-order valence-corrected chi connectivity index (χ4v) is 2.38. The lowest BCUT2D eigenvalue weighted by Crippen LogP contribution is -2.13. The Bertz CT molecular complexity index is 454. The van der Waals surface area contributed by atoms with E-state index in [1.807, 2.05) is 26.1 Å². The van der Waals surface area contributed by atoms with Crippen molar-refractivity contribution >= 4 is 27.3 Å². The van der Waals surface area contributed by atoms with Crippen LogP contribution < -0.4 is 5.32 Å². The zero-order chi connectivity index (χ0) is 10.8. The highest BCUT2D eigenvalue weighted by Crippen LogP contribution is 2.30. The Hall–Kier alpha value is -0.720. The van der Waals surface area contributed by atoms with Gasteiger partial charge >= 0.3 is 0 Å². The Morgan fingerprint density at radius 2 is 2.33 bits per heavy atom. The van der Waals surface area contributed by atoms with Crippen LogP contribution in [0.1, 0.15) is 18.8 Å². The van der Waals surface area contributed by atoms with Gasteiger partial charge in [0.2, 0.25) is 0 Å². The highest BCUT2D eigenvalue weighted by Gasteiger charge is 2.14. The van der Waals surface area contributed by atoms with Gasteiger partial charge in [-0.05, 0) is 42.0 Å². The Kier molecular flexibility index (Phi) is 3.18. The molecule has 15 heavy (non-hydrogen) atoms. The molecule has 2 aromatic rings. The van der Waals surface area contributed by atoms with Gasteiger partial charge in [-0.3, -0.25) is 0 Å². The van der Waals surface area contributed by atoms with Crippen LogP contribution in [0.25, 0.3) is 10.8 Å². The minimum Gasteiger partial charge on any atom is -0.333 e. The Morgan fingerprint density at radius 1 is 1.53 bits per heavy atom. The predicted octanol–water partition coefficient (Wildman–Crippen LogP) is 2.84. The van der Waals surface area contributed by atoms with Crippen molar-refractivity contribution < 1.29 is 4.52 Å². The smallest absolute Gasteiger partial charge is 0.268 e. The molecule has 0 saturated heterocycles. The van der Waals surface area contributed by atoms with Gasteiger partial charge in [-0.15, -0.1) is 11.3 Å². The first-order valence-electron chi connectivity index (χ1n) is 4.47. The third-order valence-corrected chi connectivity index (χ3v) is 3.66. The highest BCUT2D eigenvalue weighted by atomic mass is 79.9. The monoisotopic (exact) mass is 287 g/mol. The Balaban J connectivity index is 2.27. The van der Waals surface area contributed by atoms with E-state index >= 15 is 0 Å². The maximum Gasteiger partial charge on any atom is 0.268 e. The lowest BCUT2D eigenvalue weighted by atomic mass is 10.3. The molecule has 0 aliphatic rings. The SMILES string of the molecule is CNC(C)c1noc(-c2ccc(Br)s2)n1. The second-order valence-electron chi connectivity index (χ2n) is 3.07. The predicted molar refractivity (Wildman–Crippen MR) is 62.8 cm³/mol. The van der Waals surface area contributed by atoms with Crippen molar-refractivity contribution in [3.05, 3.63) is 21.7 Å². The molecule has 6 heteroatoms. The van der Waals surface area contributed by atoms with Crippen LogP contribution in [-0.4, -0.2) is 17.2 Å². The Morgan fingerprint density at radius 3 is 2.93 bits per heavy atom. The second kappa shape index (κ2) is 4.42. The van der Waals surface area contributed by atoms with E-state index in [9.17, 15) is 0 Å². The van der Waals surface area contributed by atoms with Crippen molar-refractivity contribution in [3.63, 3.8) is 0 Å². The fraction of sp³-hybridized carbons (Fsp3) is 0.333. The van der Waals surface area contributed by atoms with Gasteiger partial charge in [0.15, 0.2) is 5.82 Å². The molecule has 0 spiro atoms. The largest absolute Gasteiger partial charge is 0.333 e. The van der Waals surface area contributed by atoms with Crippen molar-refractivity contribution in [2.24, 2.45) is 0 Å². The van der Waals surface area contributed by atoms with E-state index in [1.54, 1.807) is 11.3 Å². The topological polar surface area (TPSA) is 51.0 Å². The van der Waals surface area contributed by atoms with E-state index in [1.165, 1.54) is 0 Å². The summed E-state index contributed by atoms with van der Waals surface area (Å²) in [7, 11) is 1.86. The Labute approximate surface area is 99.8 Å². The molecule has 1 atom stereocenters. The first-order chi connectivity index (χ1) is 7.20. The maximum absolute atomic E-state index is 5.18. The molecule has 1 unspecified atom stereocenters. The fourth-order valence-electron chi connectivity index (χ4n) is 1.07. The van der Waals surface area contributed by atoms with E-state index in [2.05, 4.69) is 31.4 Å². The van der Waals surface area contributed by atoms with Gasteiger partial charge in [-0.2, -0.15) is 4.98 Å². The van der Waals surface area contributed by atoms with Crippen molar-refractivity contribution in [2.45, 2.75) is 13.0 Å². The summed E-state index contributed by atoms with van der Waals surface area (Å²) in [6, 6.07) is 4.02. The average Bonchev–Trinajstić information content (AvgIpc) is 2.84. The summed E-state index contributed by atoms with van der Waals surface area (Å²) in [6.45, 7) is 1.99. The summed E-state index contributed by atoms with van der Waals surface area (Å²) < 4.78 is 6.23. The summed E-state index contributed by atoms with van der Waals surface area (Å²) in [5.41, 5.74) is 0. The van der Waals surface area contributed by atoms with Crippen LogP contribution in [0.3, 0.4) is 0 Å². The van der Waals surface area contributed by atoms with Gasteiger partial charge in [0.25, 0.3) is 5.89 Å². The molecular formula is C9H10BrN3OS. The van der Waals surface area contributed by atoms with Crippen LogP contribution in [0.15, 0.2) is 20.4 Å². The number of nitrogens with one attached hydrogen (secondary N) is 1. The standard InChI is InChI=1S/C9H10BrN3OS/c1-5(11-2)8-12-9(14-13-8)6-3-4-7(10)15-6/h3-5,11H,1-2H3. The summed E-state index contributed by atoms with van der Waals surface area (Å²) in [6.07, 6.45) is 0. The summed E-state index contributed by atoms with van der Waals surface area (Å²) >= 11 is 4.97. The summed E-state index contributed by atoms with van der Waals surface area (Å²) in [5.74, 6) is 1.25. The molecule has 4 nitrogen and oxygen atoms in total. The summed E-state index contributed by atoms with van der Waals surface area (Å²) in [5, 5.41) is 6.98. The first kappa shape index (κ1) is 10.8. The number of halogens is 1. The van der Waals surface area contributed by atoms with E-state index in [-0.39, 0.29) is 6.04 Å². The van der Waals surface area contributed by atoms with Gasteiger partial charge in [0.05, 0.1) is 14.7 Å². The third-order valence-electron chi connectivity index (χ3n) is 2.05. The van der Waals surface area contributed by atoms with E-state index < -0.39 is 0 Å². The molecule has 80 valence electrons. The van der Waals surface area contributed by atoms with Crippen LogP contribution in [0, 0.1) is 0 Å². The molecule has 0 fully saturated rings. The lowest BCUT2D eigenvalue weighted by molar-refractivity contribution is 0.414. The van der Waals surface area contributed by atoms with Gasteiger partial charge in [-0.1, -0.05) is 5.16 Å². The van der Waals surface area contributed by atoms with Crippen LogP contribution in [-0.2, 0) is 0 Å². The van der Waals surface area contributed by atoms with Gasteiger partial charge in [-0.25, -0.2) is 0 Å². The van der Waals surface area contributed by atoms with Crippen LogP contribution in [0.5, 0.6) is 0 Å². The second-order valence-corrected chi connectivity index (χ2v) is 5.53. The van der Waals surface area contributed by atoms with Gasteiger partial charge in [0, 0.05) is 0 Å². The molecule has 2 rings (SSSR count). The van der Waals surface area contributed by atoms with Crippen LogP contribution >= 0.6 is 27.3 Å². The minimum atomic E-state index is 0.103. The molecule has 0 saturated carbocycles. The minimum absolute atomic E-state index is 0.103. The first-order valence-corrected chi connectivity index (χ1v) is 6.08. The molecule has 0 aromatic carbocycles. The number of aromatic nitrogens is 2. The zero-order valence-electron chi connectivity index (χ0n) is 8.32. The van der Waals surface area contributed by atoms with Crippen molar-refractivity contribution in [1.82, 2.24) is 15.5 Å². The number of hydrogen-bond acceptors (Lipinski definition) is 5. The highest BCUT2D eigenvalue weighted by molar-refractivity contribution is 9.11. The molecule has 0 radical (unpaired) electrons. The molecular weight excluding hydrogens is 278 g/mol. The number of thiophene rings is 1. The molecule has 1 N–H and O–H groups in total. The van der Waals surface area contributed by atoms with E-state index in [0.717, 1.165) is 8.66 Å². The van der Waals surface area contributed by atoms with Crippen LogP contribution in [0.4, 0.5) is 0 Å². The molecule has 0 aliphatic heterocycles. The quantitative estimate of drug-likeness (QED) is 0.943. The summed E-state index contributed by atoms with van der Waals surface area (Å²) in [4.78, 5) is 5.29. The van der Waals surface area contributed by atoms with Gasteiger partial charge in [0.1, 0.15) is 0 Å². The van der Waals surface area contributed by atoms with Gasteiger partial charge < -0.3 is 9.84 Å². The molecule has 0 bridgehead atoms. The maximum atomic E-state index is 5.18. The number of rotatable bonds is 3. The molecule has 2 heterocycles. The normalized spacial score (nSPS) is 13.0. The molecule has 0 aliphatic carbocycles. The lowest BCUT2D eigenvalue weighted by Gasteiger charge is -2.01. The number of nitrogens with zero attached hydrogens (tertiary/aromatic N) is 2. The molecule has 2 aromatic heterocycles. The molecule has 0 amide bonds. The van der Waals surface area contributed by atoms with Crippen molar-refractivity contribution in [1.29, 1.82) is 0 Å².